The van der Waals surface area contributed by atoms with Crippen LogP contribution in [0, 0.1) is 19.7 Å². The average Bonchev–Trinajstić information content (AvgIpc) is 3.15. The fourth-order valence-electron chi connectivity index (χ4n) is 3.81. The lowest BCUT2D eigenvalue weighted by molar-refractivity contribution is -0.137. The third-order valence-electron chi connectivity index (χ3n) is 5.13. The van der Waals surface area contributed by atoms with E-state index >= 15 is 0 Å². The molecular formula is C20H23FN2O4. The first-order chi connectivity index (χ1) is 12.8. The second-order valence-corrected chi connectivity index (χ2v) is 6.90. The summed E-state index contributed by atoms with van der Waals surface area (Å²) in [5.41, 5.74) is 2.87. The van der Waals surface area contributed by atoms with E-state index in [2.05, 4.69) is 0 Å². The van der Waals surface area contributed by atoms with Crippen LogP contribution in [0.5, 0.6) is 0 Å². The number of aliphatic carboxylic acids is 1. The number of carboxylic acid groups (broad SMARTS) is 1. The van der Waals surface area contributed by atoms with E-state index in [9.17, 15) is 14.0 Å². The highest BCUT2D eigenvalue weighted by Gasteiger charge is 2.37. The van der Waals surface area contributed by atoms with Crippen LogP contribution in [0.2, 0.25) is 0 Å². The van der Waals surface area contributed by atoms with E-state index in [1.54, 1.807) is 30.2 Å². The molecule has 3 rings (SSSR count). The Morgan fingerprint density at radius 1 is 1.26 bits per heavy atom. The third-order valence-corrected chi connectivity index (χ3v) is 5.13. The highest BCUT2D eigenvalue weighted by molar-refractivity contribution is 5.96. The van der Waals surface area contributed by atoms with Crippen LogP contribution < -0.4 is 0 Å². The van der Waals surface area contributed by atoms with Gasteiger partial charge < -0.3 is 19.3 Å². The maximum Gasteiger partial charge on any atom is 0.305 e. The number of hydrogen-bond donors (Lipinski definition) is 1. The van der Waals surface area contributed by atoms with Crippen molar-refractivity contribution in [1.82, 2.24) is 9.47 Å². The van der Waals surface area contributed by atoms with Crippen molar-refractivity contribution in [3.63, 3.8) is 0 Å². The first kappa shape index (κ1) is 19.1. The molecule has 1 aromatic carbocycles. The minimum Gasteiger partial charge on any atom is -0.481 e. The molecule has 1 aliphatic heterocycles. The summed E-state index contributed by atoms with van der Waals surface area (Å²) in [6.07, 6.45) is 0.229. The van der Waals surface area contributed by atoms with E-state index in [-0.39, 0.29) is 24.2 Å². The number of nitrogens with zero attached hydrogens (tertiary/aromatic N) is 2. The second-order valence-electron chi connectivity index (χ2n) is 6.90. The zero-order valence-corrected chi connectivity index (χ0v) is 15.6. The summed E-state index contributed by atoms with van der Waals surface area (Å²) in [6.45, 7) is 4.08. The molecular weight excluding hydrogens is 351 g/mol. The van der Waals surface area contributed by atoms with Gasteiger partial charge in [0.2, 0.25) is 0 Å². The molecule has 2 aromatic rings. The Labute approximate surface area is 157 Å². The number of halogens is 1. The summed E-state index contributed by atoms with van der Waals surface area (Å²) in [7, 11) is 1.57. The largest absolute Gasteiger partial charge is 0.481 e. The molecule has 1 saturated heterocycles. The Kier molecular flexibility index (Phi) is 5.32. The monoisotopic (exact) mass is 374 g/mol. The molecule has 1 fully saturated rings. The van der Waals surface area contributed by atoms with Crippen LogP contribution >= 0.6 is 0 Å². The van der Waals surface area contributed by atoms with Crippen molar-refractivity contribution in [2.24, 2.45) is 0 Å². The van der Waals surface area contributed by atoms with Gasteiger partial charge >= 0.3 is 5.97 Å². The van der Waals surface area contributed by atoms with E-state index in [1.165, 1.54) is 12.1 Å². The van der Waals surface area contributed by atoms with Gasteiger partial charge in [0.05, 0.1) is 18.1 Å². The van der Waals surface area contributed by atoms with E-state index in [0.717, 1.165) is 17.1 Å². The van der Waals surface area contributed by atoms with Crippen LogP contribution in [0.25, 0.3) is 5.69 Å². The zero-order chi connectivity index (χ0) is 19.7. The van der Waals surface area contributed by atoms with Gasteiger partial charge in [-0.1, -0.05) is 0 Å². The number of ether oxygens (including phenoxy) is 1. The number of hydrogen-bond acceptors (Lipinski definition) is 3. The smallest absolute Gasteiger partial charge is 0.305 e. The number of likely N-dealkylation sites (tertiary alicyclic amines) is 1. The van der Waals surface area contributed by atoms with Crippen LogP contribution in [0.1, 0.15) is 34.6 Å². The van der Waals surface area contributed by atoms with E-state index in [1.807, 2.05) is 18.4 Å². The van der Waals surface area contributed by atoms with Gasteiger partial charge in [0, 0.05) is 36.8 Å². The van der Waals surface area contributed by atoms with E-state index < -0.39 is 12.0 Å². The van der Waals surface area contributed by atoms with Crippen molar-refractivity contribution >= 4 is 11.9 Å². The Bertz CT molecular complexity index is 860. The minimum absolute atomic E-state index is 0.109. The minimum atomic E-state index is -0.939. The number of methoxy groups -OCH3 is 1. The van der Waals surface area contributed by atoms with E-state index in [4.69, 9.17) is 9.84 Å². The molecule has 0 radical (unpaired) electrons. The lowest BCUT2D eigenvalue weighted by Crippen LogP contribution is -2.37. The maximum absolute atomic E-state index is 13.2. The predicted octanol–water partition coefficient (Wildman–Crippen LogP) is 2.94. The Hall–Kier alpha value is -2.67. The maximum atomic E-state index is 13.2. The number of carbonyl (C=O) groups excluding carboxylic acids is 1. The summed E-state index contributed by atoms with van der Waals surface area (Å²) in [4.78, 5) is 26.0. The molecule has 0 saturated carbocycles. The number of amides is 1. The van der Waals surface area contributed by atoms with Gasteiger partial charge in [-0.25, -0.2) is 4.39 Å². The molecule has 6 nitrogen and oxygen atoms in total. The number of aryl methyl sites for hydroxylation is 1. The van der Waals surface area contributed by atoms with Crippen molar-refractivity contribution in [2.45, 2.75) is 38.8 Å². The Balaban J connectivity index is 1.94. The topological polar surface area (TPSA) is 71.8 Å². The fourth-order valence-corrected chi connectivity index (χ4v) is 3.81. The molecule has 27 heavy (non-hydrogen) atoms. The number of benzene rings is 1. The van der Waals surface area contributed by atoms with Crippen molar-refractivity contribution in [2.75, 3.05) is 13.7 Å². The fraction of sp³-hybridized carbons (Fsp3) is 0.400. The lowest BCUT2D eigenvalue weighted by atomic mass is 10.1. The van der Waals surface area contributed by atoms with Gasteiger partial charge in [-0.05, 0) is 50.6 Å². The van der Waals surface area contributed by atoms with Gasteiger partial charge in [-0.15, -0.1) is 0 Å². The molecule has 0 aliphatic carbocycles. The van der Waals surface area contributed by atoms with Crippen molar-refractivity contribution < 1.29 is 23.8 Å². The number of rotatable bonds is 5. The van der Waals surface area contributed by atoms with Gasteiger partial charge in [0.15, 0.2) is 0 Å². The first-order valence-corrected chi connectivity index (χ1v) is 8.82. The highest BCUT2D eigenvalue weighted by Crippen LogP contribution is 2.28. The molecule has 144 valence electrons. The van der Waals surface area contributed by atoms with Crippen LogP contribution in [-0.4, -0.2) is 52.3 Å². The first-order valence-electron chi connectivity index (χ1n) is 8.82. The van der Waals surface area contributed by atoms with Gasteiger partial charge in [-0.3, -0.25) is 9.59 Å². The molecule has 2 unspecified atom stereocenters. The lowest BCUT2D eigenvalue weighted by Gasteiger charge is -2.23. The molecule has 2 atom stereocenters. The summed E-state index contributed by atoms with van der Waals surface area (Å²) in [6, 6.07) is 7.47. The number of aromatic nitrogens is 1. The quantitative estimate of drug-likeness (QED) is 0.873. The molecule has 0 spiro atoms. The van der Waals surface area contributed by atoms with Crippen molar-refractivity contribution in [1.29, 1.82) is 0 Å². The van der Waals surface area contributed by atoms with E-state index in [0.29, 0.717) is 18.5 Å². The molecule has 1 N–H and O–H groups in total. The molecule has 1 aromatic heterocycles. The summed E-state index contributed by atoms with van der Waals surface area (Å²) in [5.74, 6) is -1.47. The molecule has 2 heterocycles. The average molecular weight is 374 g/mol. The summed E-state index contributed by atoms with van der Waals surface area (Å²) < 4.78 is 20.5. The zero-order valence-electron chi connectivity index (χ0n) is 15.6. The normalized spacial score (nSPS) is 19.5. The second kappa shape index (κ2) is 7.52. The summed E-state index contributed by atoms with van der Waals surface area (Å²) in [5, 5.41) is 9.16. The van der Waals surface area contributed by atoms with Gasteiger partial charge in [-0.2, -0.15) is 0 Å². The SMILES string of the molecule is COC1CC(CC(=O)O)N(C(=O)c2cc(C)n(-c3ccc(F)cc3)c2C)C1. The number of carbonyl (C=O) groups is 2. The van der Waals surface area contributed by atoms with Crippen LogP contribution in [0.15, 0.2) is 30.3 Å². The van der Waals surface area contributed by atoms with Crippen LogP contribution in [0.3, 0.4) is 0 Å². The van der Waals surface area contributed by atoms with Gasteiger partial charge in [0.1, 0.15) is 5.82 Å². The van der Waals surface area contributed by atoms with Crippen molar-refractivity contribution in [3.05, 3.63) is 53.1 Å². The molecule has 1 amide bonds. The van der Waals surface area contributed by atoms with Crippen LogP contribution in [-0.2, 0) is 9.53 Å². The summed E-state index contributed by atoms with van der Waals surface area (Å²) >= 11 is 0. The molecule has 7 heteroatoms. The standard InChI is InChI=1S/C20H23FN2O4/c1-12-8-18(13(2)23(12)15-6-4-14(21)5-7-15)20(26)22-11-17(27-3)9-16(22)10-19(24)25/h4-8,16-17H,9-11H2,1-3H3,(H,24,25). The number of carboxylic acids is 1. The Morgan fingerprint density at radius 2 is 1.93 bits per heavy atom. The highest BCUT2D eigenvalue weighted by atomic mass is 19.1. The Morgan fingerprint density at radius 3 is 2.52 bits per heavy atom. The molecule has 1 aliphatic rings. The third kappa shape index (κ3) is 3.73. The van der Waals surface area contributed by atoms with Gasteiger partial charge in [0.25, 0.3) is 5.91 Å². The predicted molar refractivity (Wildman–Crippen MR) is 97.7 cm³/mol. The van der Waals surface area contributed by atoms with Crippen molar-refractivity contribution in [3.8, 4) is 5.69 Å². The molecule has 0 bridgehead atoms. The van der Waals surface area contributed by atoms with Crippen LogP contribution in [0.4, 0.5) is 4.39 Å².